The van der Waals surface area contributed by atoms with Gasteiger partial charge in [0.25, 0.3) is 0 Å². The molecule has 39 heavy (non-hydrogen) atoms. The predicted octanol–water partition coefficient (Wildman–Crippen LogP) is 4.61. The van der Waals surface area contributed by atoms with Gasteiger partial charge < -0.3 is 25.3 Å². The Kier molecular flexibility index (Phi) is 6.08. The minimum atomic E-state index is -4.26. The van der Waals surface area contributed by atoms with E-state index < -0.39 is 12.7 Å². The molecule has 1 amide bonds. The number of nitrogens with two attached hydrogens (primary N) is 1. The summed E-state index contributed by atoms with van der Waals surface area (Å²) in [5, 5.41) is 2.91. The molecule has 8 nitrogen and oxygen atoms in total. The van der Waals surface area contributed by atoms with Crippen molar-refractivity contribution in [1.29, 1.82) is 0 Å². The number of hydrogen-bond acceptors (Lipinski definition) is 6. The second-order valence-electron chi connectivity index (χ2n) is 9.93. The van der Waals surface area contributed by atoms with Crippen LogP contribution in [0.4, 0.5) is 30.4 Å². The summed E-state index contributed by atoms with van der Waals surface area (Å²) in [7, 11) is 1.54. The van der Waals surface area contributed by atoms with Crippen LogP contribution in [-0.4, -0.2) is 46.8 Å². The van der Waals surface area contributed by atoms with Crippen molar-refractivity contribution >= 4 is 34.1 Å². The molecule has 11 heteroatoms. The van der Waals surface area contributed by atoms with Crippen LogP contribution in [0.3, 0.4) is 0 Å². The van der Waals surface area contributed by atoms with Crippen LogP contribution in [0.1, 0.15) is 28.8 Å². The van der Waals surface area contributed by atoms with Crippen LogP contribution < -0.4 is 20.7 Å². The molecule has 2 aliphatic rings. The van der Waals surface area contributed by atoms with Crippen molar-refractivity contribution in [2.45, 2.75) is 38.3 Å². The van der Waals surface area contributed by atoms with Crippen LogP contribution in [0.15, 0.2) is 42.7 Å². The number of nitrogens with one attached hydrogen (secondary N) is 1. The largest absolute Gasteiger partial charge is 0.494 e. The van der Waals surface area contributed by atoms with Crippen molar-refractivity contribution in [3.8, 4) is 11.4 Å². The van der Waals surface area contributed by atoms with Gasteiger partial charge in [-0.2, -0.15) is 13.2 Å². The topological polar surface area (TPSA) is 98.3 Å². The number of anilines is 3. The first-order chi connectivity index (χ1) is 18.7. The monoisotopic (exact) mass is 536 g/mol. The maximum atomic E-state index is 12.9. The molecule has 3 heterocycles. The highest BCUT2D eigenvalue weighted by Gasteiger charge is 2.33. The molecule has 0 spiro atoms. The van der Waals surface area contributed by atoms with Gasteiger partial charge in [0.1, 0.15) is 24.1 Å². The number of carbonyl (C=O) groups is 1. The van der Waals surface area contributed by atoms with E-state index in [1.807, 2.05) is 18.2 Å². The summed E-state index contributed by atoms with van der Waals surface area (Å²) in [6, 6.07) is 10.7. The zero-order chi connectivity index (χ0) is 27.3. The van der Waals surface area contributed by atoms with E-state index in [9.17, 15) is 18.0 Å². The lowest BCUT2D eigenvalue weighted by Gasteiger charge is -2.21. The van der Waals surface area contributed by atoms with Gasteiger partial charge in [0.15, 0.2) is 5.82 Å². The van der Waals surface area contributed by atoms with E-state index in [2.05, 4.69) is 19.9 Å². The number of carbonyl (C=O) groups excluding carboxylic acids is 1. The summed E-state index contributed by atoms with van der Waals surface area (Å²) in [6.07, 6.45) is 0.705. The molecule has 0 fully saturated rings. The van der Waals surface area contributed by atoms with Gasteiger partial charge in [-0.25, -0.2) is 9.97 Å². The number of ether oxygens (including phenoxy) is 1. The molecule has 1 aliphatic heterocycles. The number of rotatable bonds is 6. The molecule has 0 unspecified atom stereocenters. The van der Waals surface area contributed by atoms with E-state index in [1.54, 1.807) is 18.2 Å². The zero-order valence-electron chi connectivity index (χ0n) is 21.3. The van der Waals surface area contributed by atoms with E-state index in [1.165, 1.54) is 23.9 Å². The molecule has 202 valence electrons. The number of aryl methyl sites for hydroxylation is 1. The lowest BCUT2D eigenvalue weighted by molar-refractivity contribution is -0.119. The van der Waals surface area contributed by atoms with Crippen molar-refractivity contribution in [2.24, 2.45) is 0 Å². The van der Waals surface area contributed by atoms with Crippen molar-refractivity contribution in [2.75, 3.05) is 36.1 Å². The standard InChI is InChI=1S/C28H27F3N6O2/c1-39-23-13-18(37-22-4-2-3-19(22)25-26(37)27(32)34-15-33-25)6-7-20(23)35-24(38)12-16-5-8-21-17(11-16)9-10-36(21)14-28(29,30)31/h5-8,11,13,15H,2-4,9-10,12,14H2,1H3,(H,35,38)(H2,32,33,34). The first-order valence-electron chi connectivity index (χ1n) is 12.8. The van der Waals surface area contributed by atoms with Crippen LogP contribution >= 0.6 is 0 Å². The highest BCUT2D eigenvalue weighted by atomic mass is 19.4. The number of methoxy groups -OCH3 is 1. The first kappa shape index (κ1) is 25.0. The van der Waals surface area contributed by atoms with Crippen LogP contribution in [0.25, 0.3) is 16.7 Å². The first-order valence-corrected chi connectivity index (χ1v) is 12.8. The van der Waals surface area contributed by atoms with Gasteiger partial charge in [-0.15, -0.1) is 0 Å². The molecule has 0 bridgehead atoms. The fourth-order valence-corrected chi connectivity index (χ4v) is 5.80. The van der Waals surface area contributed by atoms with E-state index in [-0.39, 0.29) is 12.3 Å². The Bertz CT molecular complexity index is 1600. The predicted molar refractivity (Wildman–Crippen MR) is 143 cm³/mol. The fraction of sp³-hybridized carbons (Fsp3) is 0.321. The minimum absolute atomic E-state index is 0.0844. The van der Waals surface area contributed by atoms with E-state index >= 15 is 0 Å². The number of benzene rings is 2. The number of nitrogens with zero attached hydrogens (tertiary/aromatic N) is 4. The lowest BCUT2D eigenvalue weighted by atomic mass is 10.1. The van der Waals surface area contributed by atoms with Crippen LogP contribution in [0.5, 0.6) is 5.75 Å². The van der Waals surface area contributed by atoms with Gasteiger partial charge in [0, 0.05) is 29.7 Å². The smallest absolute Gasteiger partial charge is 0.405 e. The van der Waals surface area contributed by atoms with E-state index in [4.69, 9.17) is 10.5 Å². The van der Waals surface area contributed by atoms with Gasteiger partial charge in [-0.1, -0.05) is 12.1 Å². The molecule has 0 radical (unpaired) electrons. The van der Waals surface area contributed by atoms with E-state index in [0.29, 0.717) is 35.9 Å². The molecule has 0 saturated carbocycles. The molecule has 6 rings (SSSR count). The Balaban J connectivity index is 1.22. The van der Waals surface area contributed by atoms with Gasteiger partial charge in [-0.3, -0.25) is 4.79 Å². The third kappa shape index (κ3) is 4.62. The van der Waals surface area contributed by atoms with Gasteiger partial charge in [0.05, 0.1) is 24.7 Å². The average molecular weight is 537 g/mol. The number of halogens is 3. The molecule has 4 aromatic rings. The van der Waals surface area contributed by atoms with Crippen LogP contribution in [-0.2, 0) is 30.5 Å². The third-order valence-electron chi connectivity index (χ3n) is 7.41. The lowest BCUT2D eigenvalue weighted by Crippen LogP contribution is -2.32. The van der Waals surface area contributed by atoms with Crippen molar-refractivity contribution < 1.29 is 22.7 Å². The highest BCUT2D eigenvalue weighted by molar-refractivity contribution is 5.95. The molecular formula is C28H27F3N6O2. The molecule has 2 aromatic carbocycles. The van der Waals surface area contributed by atoms with Gasteiger partial charge >= 0.3 is 6.18 Å². The molecule has 3 N–H and O–H groups in total. The van der Waals surface area contributed by atoms with Crippen LogP contribution in [0, 0.1) is 0 Å². The highest BCUT2D eigenvalue weighted by Crippen LogP contribution is 2.38. The number of nitrogen functional groups attached to an aromatic ring is 1. The third-order valence-corrected chi connectivity index (χ3v) is 7.41. The molecule has 0 atom stereocenters. The Morgan fingerprint density at radius 1 is 1.13 bits per heavy atom. The maximum Gasteiger partial charge on any atom is 0.405 e. The SMILES string of the molecule is COc1cc(-n2c3c(c4ncnc(N)c42)CCC3)ccc1NC(=O)Cc1ccc2c(c1)CCN2CC(F)(F)F. The average Bonchev–Trinajstić information content (AvgIpc) is 3.59. The molecule has 2 aromatic heterocycles. The second-order valence-corrected chi connectivity index (χ2v) is 9.93. The van der Waals surface area contributed by atoms with Crippen molar-refractivity contribution in [1.82, 2.24) is 14.5 Å². The second kappa shape index (κ2) is 9.48. The normalized spacial score (nSPS) is 14.5. The number of amides is 1. The Hall–Kier alpha value is -4.28. The summed E-state index contributed by atoms with van der Waals surface area (Å²) in [5.41, 5.74) is 13.7. The summed E-state index contributed by atoms with van der Waals surface area (Å²) in [5.74, 6) is 0.638. The quantitative estimate of drug-likeness (QED) is 0.374. The number of fused-ring (bicyclic) bond motifs is 4. The Morgan fingerprint density at radius 3 is 2.77 bits per heavy atom. The summed E-state index contributed by atoms with van der Waals surface area (Å²) >= 11 is 0. The maximum absolute atomic E-state index is 12.9. The van der Waals surface area contributed by atoms with Crippen LogP contribution in [0.2, 0.25) is 0 Å². The molecule has 1 aliphatic carbocycles. The number of aromatic nitrogens is 3. The minimum Gasteiger partial charge on any atom is -0.494 e. The fourth-order valence-electron chi connectivity index (χ4n) is 5.80. The Labute approximate surface area is 222 Å². The van der Waals surface area contributed by atoms with Crippen molar-refractivity contribution in [3.05, 3.63) is 65.1 Å². The summed E-state index contributed by atoms with van der Waals surface area (Å²) in [6.45, 7) is -0.664. The molecular weight excluding hydrogens is 509 g/mol. The van der Waals surface area contributed by atoms with E-state index in [0.717, 1.165) is 52.8 Å². The summed E-state index contributed by atoms with van der Waals surface area (Å²) in [4.78, 5) is 22.9. The number of hydrogen-bond donors (Lipinski definition) is 2. The zero-order valence-corrected chi connectivity index (χ0v) is 21.3. The van der Waals surface area contributed by atoms with Gasteiger partial charge in [0.2, 0.25) is 5.91 Å². The molecule has 0 saturated heterocycles. The summed E-state index contributed by atoms with van der Waals surface area (Å²) < 4.78 is 46.3. The van der Waals surface area contributed by atoms with Gasteiger partial charge in [-0.05, 0) is 60.6 Å². The van der Waals surface area contributed by atoms with Crippen molar-refractivity contribution in [3.63, 3.8) is 0 Å². The Morgan fingerprint density at radius 2 is 1.97 bits per heavy atom. The number of alkyl halides is 3.